The van der Waals surface area contributed by atoms with Crippen LogP contribution in [-0.2, 0) is 11.3 Å². The summed E-state index contributed by atoms with van der Waals surface area (Å²) in [5.41, 5.74) is 7.69. The van der Waals surface area contributed by atoms with E-state index in [1.807, 2.05) is 19.9 Å². The van der Waals surface area contributed by atoms with Crippen LogP contribution in [0.5, 0.6) is 0 Å². The van der Waals surface area contributed by atoms with E-state index in [9.17, 15) is 4.79 Å². The number of rotatable bonds is 4. The highest BCUT2D eigenvalue weighted by molar-refractivity contribution is 5.76. The Bertz CT molecular complexity index is 482. The van der Waals surface area contributed by atoms with Crippen molar-refractivity contribution in [3.63, 3.8) is 0 Å². The van der Waals surface area contributed by atoms with E-state index in [0.29, 0.717) is 12.5 Å². The molecule has 0 spiro atoms. The smallest absolute Gasteiger partial charge is 0.242 e. The summed E-state index contributed by atoms with van der Waals surface area (Å²) in [5, 5.41) is 7.53. The van der Waals surface area contributed by atoms with Crippen LogP contribution in [0.2, 0.25) is 0 Å². The van der Waals surface area contributed by atoms with Gasteiger partial charge in [0.15, 0.2) is 0 Å². The maximum atomic E-state index is 12.3. The molecule has 0 bridgehead atoms. The van der Waals surface area contributed by atoms with Gasteiger partial charge in [0.25, 0.3) is 0 Å². The third-order valence-corrected chi connectivity index (χ3v) is 4.60. The first-order valence-electron chi connectivity index (χ1n) is 7.49. The first-order valence-corrected chi connectivity index (χ1v) is 7.49. The molecule has 5 nitrogen and oxygen atoms in total. The Labute approximate surface area is 120 Å². The summed E-state index contributed by atoms with van der Waals surface area (Å²) in [6, 6.07) is 1.98. The van der Waals surface area contributed by atoms with Gasteiger partial charge < -0.3 is 11.1 Å². The van der Waals surface area contributed by atoms with E-state index in [-0.39, 0.29) is 18.0 Å². The summed E-state index contributed by atoms with van der Waals surface area (Å²) in [6.07, 6.45) is 4.49. The Kier molecular flexibility index (Phi) is 4.48. The molecular weight excluding hydrogens is 252 g/mol. The predicted octanol–water partition coefficient (Wildman–Crippen LogP) is 1.52. The molecule has 1 aromatic heterocycles. The Morgan fingerprint density at radius 3 is 2.85 bits per heavy atom. The topological polar surface area (TPSA) is 72.9 Å². The summed E-state index contributed by atoms with van der Waals surface area (Å²) in [5.74, 6) is 0.445. The number of nitrogens with zero attached hydrogens (tertiary/aromatic N) is 2. The zero-order chi connectivity index (χ0) is 14.8. The van der Waals surface area contributed by atoms with Crippen LogP contribution in [0.15, 0.2) is 6.07 Å². The average molecular weight is 278 g/mol. The molecule has 0 radical (unpaired) electrons. The first kappa shape index (κ1) is 15.0. The fourth-order valence-electron chi connectivity index (χ4n) is 3.24. The molecule has 0 saturated heterocycles. The Hall–Kier alpha value is -1.36. The molecule has 0 aliphatic heterocycles. The molecular formula is C15H26N4O. The summed E-state index contributed by atoms with van der Waals surface area (Å²) in [6.45, 7) is 6.88. The lowest BCUT2D eigenvalue weighted by Gasteiger charge is -2.42. The number of hydrogen-bond donors (Lipinski definition) is 2. The van der Waals surface area contributed by atoms with Gasteiger partial charge in [-0.05, 0) is 38.7 Å². The lowest BCUT2D eigenvalue weighted by Crippen LogP contribution is -2.59. The van der Waals surface area contributed by atoms with Crippen molar-refractivity contribution in [3.05, 3.63) is 17.5 Å². The van der Waals surface area contributed by atoms with E-state index in [4.69, 9.17) is 5.73 Å². The highest BCUT2D eigenvalue weighted by atomic mass is 16.2. The van der Waals surface area contributed by atoms with Gasteiger partial charge >= 0.3 is 0 Å². The summed E-state index contributed by atoms with van der Waals surface area (Å²) in [4.78, 5) is 12.3. The standard InChI is InChI=1S/C15H26N4O/c1-11-6-4-5-7-15(11,10-16)17-14(20)9-19-13(3)8-12(2)18-19/h8,11H,4-7,9-10,16H2,1-3H3,(H,17,20). The number of aryl methyl sites for hydroxylation is 2. The quantitative estimate of drug-likeness (QED) is 0.877. The monoisotopic (exact) mass is 278 g/mol. The maximum absolute atomic E-state index is 12.3. The molecule has 1 aliphatic rings. The third-order valence-electron chi connectivity index (χ3n) is 4.60. The van der Waals surface area contributed by atoms with Crippen LogP contribution in [0.1, 0.15) is 44.0 Å². The van der Waals surface area contributed by atoms with Gasteiger partial charge in [-0.25, -0.2) is 0 Å². The molecule has 2 unspecified atom stereocenters. The zero-order valence-corrected chi connectivity index (χ0v) is 12.8. The lowest BCUT2D eigenvalue weighted by atomic mass is 9.73. The zero-order valence-electron chi connectivity index (χ0n) is 12.8. The predicted molar refractivity (Wildman–Crippen MR) is 79.3 cm³/mol. The molecule has 1 fully saturated rings. The van der Waals surface area contributed by atoms with Gasteiger partial charge in [0.05, 0.1) is 11.2 Å². The highest BCUT2D eigenvalue weighted by Gasteiger charge is 2.38. The van der Waals surface area contributed by atoms with Gasteiger partial charge in [-0.15, -0.1) is 0 Å². The van der Waals surface area contributed by atoms with Crippen molar-refractivity contribution in [2.75, 3.05) is 6.54 Å². The van der Waals surface area contributed by atoms with Crippen molar-refractivity contribution in [1.29, 1.82) is 0 Å². The van der Waals surface area contributed by atoms with Crippen LogP contribution in [0.3, 0.4) is 0 Å². The molecule has 1 amide bonds. The molecule has 5 heteroatoms. The SMILES string of the molecule is Cc1cc(C)n(CC(=O)NC2(CN)CCCCC2C)n1. The summed E-state index contributed by atoms with van der Waals surface area (Å²) >= 11 is 0. The number of nitrogens with one attached hydrogen (secondary N) is 1. The number of aromatic nitrogens is 2. The van der Waals surface area contributed by atoms with Crippen LogP contribution >= 0.6 is 0 Å². The third kappa shape index (κ3) is 3.03. The largest absolute Gasteiger partial charge is 0.348 e. The number of amides is 1. The van der Waals surface area contributed by atoms with Crippen molar-refractivity contribution < 1.29 is 4.79 Å². The van der Waals surface area contributed by atoms with E-state index in [0.717, 1.165) is 30.7 Å². The van der Waals surface area contributed by atoms with Crippen molar-refractivity contribution in [1.82, 2.24) is 15.1 Å². The molecule has 3 N–H and O–H groups in total. The first-order chi connectivity index (χ1) is 9.47. The van der Waals surface area contributed by atoms with Gasteiger partial charge in [0, 0.05) is 12.2 Å². The molecule has 1 saturated carbocycles. The summed E-state index contributed by atoms with van der Waals surface area (Å²) < 4.78 is 1.75. The molecule has 2 atom stereocenters. The van der Waals surface area contributed by atoms with E-state index in [1.165, 1.54) is 6.42 Å². The average Bonchev–Trinajstić information content (AvgIpc) is 2.70. The second kappa shape index (κ2) is 5.95. The second-order valence-electron chi connectivity index (χ2n) is 6.14. The van der Waals surface area contributed by atoms with Gasteiger partial charge in [-0.2, -0.15) is 5.10 Å². The molecule has 112 valence electrons. The lowest BCUT2D eigenvalue weighted by molar-refractivity contribution is -0.124. The van der Waals surface area contributed by atoms with Gasteiger partial charge in [-0.3, -0.25) is 9.48 Å². The van der Waals surface area contributed by atoms with Crippen molar-refractivity contribution in [2.24, 2.45) is 11.7 Å². The Morgan fingerprint density at radius 2 is 2.30 bits per heavy atom. The Morgan fingerprint density at radius 1 is 1.55 bits per heavy atom. The van der Waals surface area contributed by atoms with E-state index >= 15 is 0 Å². The van der Waals surface area contributed by atoms with E-state index < -0.39 is 0 Å². The van der Waals surface area contributed by atoms with Gasteiger partial charge in [0.1, 0.15) is 6.54 Å². The van der Waals surface area contributed by atoms with Crippen LogP contribution in [0.25, 0.3) is 0 Å². The van der Waals surface area contributed by atoms with Crippen LogP contribution < -0.4 is 11.1 Å². The van der Waals surface area contributed by atoms with Gasteiger partial charge in [0.2, 0.25) is 5.91 Å². The fraction of sp³-hybridized carbons (Fsp3) is 0.733. The maximum Gasteiger partial charge on any atom is 0.242 e. The minimum absolute atomic E-state index is 0.00963. The number of nitrogens with two attached hydrogens (primary N) is 1. The highest BCUT2D eigenvalue weighted by Crippen LogP contribution is 2.32. The normalized spacial score (nSPS) is 26.5. The molecule has 1 aliphatic carbocycles. The van der Waals surface area contributed by atoms with Crippen molar-refractivity contribution >= 4 is 5.91 Å². The number of hydrogen-bond acceptors (Lipinski definition) is 3. The molecule has 0 aromatic carbocycles. The van der Waals surface area contributed by atoms with Crippen molar-refractivity contribution in [2.45, 2.75) is 58.5 Å². The Balaban J connectivity index is 2.04. The second-order valence-corrected chi connectivity index (χ2v) is 6.14. The van der Waals surface area contributed by atoms with Crippen LogP contribution in [0, 0.1) is 19.8 Å². The van der Waals surface area contributed by atoms with Gasteiger partial charge in [-0.1, -0.05) is 19.8 Å². The molecule has 1 aromatic rings. The minimum Gasteiger partial charge on any atom is -0.348 e. The van der Waals surface area contributed by atoms with Crippen molar-refractivity contribution in [3.8, 4) is 0 Å². The summed E-state index contributed by atoms with van der Waals surface area (Å²) in [7, 11) is 0. The van der Waals surface area contributed by atoms with Crippen LogP contribution in [-0.4, -0.2) is 27.8 Å². The molecule has 2 rings (SSSR count). The molecule has 1 heterocycles. The minimum atomic E-state index is -0.231. The van der Waals surface area contributed by atoms with Crippen LogP contribution in [0.4, 0.5) is 0 Å². The number of carbonyl (C=O) groups is 1. The van der Waals surface area contributed by atoms with E-state index in [1.54, 1.807) is 4.68 Å². The molecule has 20 heavy (non-hydrogen) atoms. The fourth-order valence-corrected chi connectivity index (χ4v) is 3.24. The number of carbonyl (C=O) groups excluding carboxylic acids is 1. The van der Waals surface area contributed by atoms with E-state index in [2.05, 4.69) is 17.3 Å².